The molecule has 1 N–H and O–H groups in total. The Morgan fingerprint density at radius 3 is 2.28 bits per heavy atom. The minimum atomic E-state index is -4.54. The highest BCUT2D eigenvalue weighted by Gasteiger charge is 2.34. The molecule has 1 aliphatic heterocycles. The van der Waals surface area contributed by atoms with Gasteiger partial charge in [0.2, 0.25) is 5.91 Å². The molecule has 2 aromatic rings. The molecule has 1 saturated heterocycles. The fourth-order valence-electron chi connectivity index (χ4n) is 4.09. The summed E-state index contributed by atoms with van der Waals surface area (Å²) in [5, 5.41) is 2.43. The SMILES string of the molecule is CCCN(CC(=O)Nc1ccccc1C(F)(F)F)C1CCN(C(=O)c2ccccc2)CC1. The third-order valence-electron chi connectivity index (χ3n) is 5.65. The van der Waals surface area contributed by atoms with Crippen LogP contribution in [0.15, 0.2) is 54.6 Å². The van der Waals surface area contributed by atoms with Crippen LogP contribution in [0.4, 0.5) is 18.9 Å². The van der Waals surface area contributed by atoms with Crippen molar-refractivity contribution in [3.63, 3.8) is 0 Å². The van der Waals surface area contributed by atoms with Crippen LogP contribution in [0, 0.1) is 0 Å². The summed E-state index contributed by atoms with van der Waals surface area (Å²) in [4.78, 5) is 29.1. The Morgan fingerprint density at radius 1 is 1.03 bits per heavy atom. The van der Waals surface area contributed by atoms with Gasteiger partial charge in [-0.3, -0.25) is 14.5 Å². The minimum Gasteiger partial charge on any atom is -0.339 e. The van der Waals surface area contributed by atoms with Gasteiger partial charge in [-0.05, 0) is 50.1 Å². The molecule has 0 radical (unpaired) electrons. The van der Waals surface area contributed by atoms with E-state index in [4.69, 9.17) is 0 Å². The molecule has 0 saturated carbocycles. The van der Waals surface area contributed by atoms with E-state index in [1.165, 1.54) is 18.2 Å². The van der Waals surface area contributed by atoms with Crippen LogP contribution in [0.25, 0.3) is 0 Å². The van der Waals surface area contributed by atoms with Crippen molar-refractivity contribution in [2.75, 3.05) is 31.5 Å². The second kappa shape index (κ2) is 10.6. The van der Waals surface area contributed by atoms with Crippen LogP contribution in [-0.2, 0) is 11.0 Å². The zero-order chi connectivity index (χ0) is 23.1. The Morgan fingerprint density at radius 2 is 1.66 bits per heavy atom. The number of hydrogen-bond acceptors (Lipinski definition) is 3. The molecule has 2 aromatic carbocycles. The normalized spacial score (nSPS) is 15.1. The number of carbonyl (C=O) groups excluding carboxylic acids is 2. The number of para-hydroxylation sites is 1. The van der Waals surface area contributed by atoms with Gasteiger partial charge in [0.05, 0.1) is 17.8 Å². The van der Waals surface area contributed by atoms with E-state index in [0.29, 0.717) is 38.0 Å². The number of carbonyl (C=O) groups is 2. The molecule has 0 aliphatic carbocycles. The number of halogens is 3. The van der Waals surface area contributed by atoms with Gasteiger partial charge in [0.15, 0.2) is 0 Å². The number of benzene rings is 2. The van der Waals surface area contributed by atoms with Crippen LogP contribution in [0.2, 0.25) is 0 Å². The minimum absolute atomic E-state index is 0.00686. The molecule has 1 heterocycles. The fraction of sp³-hybridized carbons (Fsp3) is 0.417. The highest BCUT2D eigenvalue weighted by Crippen LogP contribution is 2.34. The van der Waals surface area contributed by atoms with E-state index in [1.807, 2.05) is 34.9 Å². The first-order chi connectivity index (χ1) is 15.3. The van der Waals surface area contributed by atoms with Crippen molar-refractivity contribution in [3.8, 4) is 0 Å². The van der Waals surface area contributed by atoms with Gasteiger partial charge in [-0.2, -0.15) is 13.2 Å². The van der Waals surface area contributed by atoms with E-state index in [2.05, 4.69) is 5.32 Å². The third-order valence-corrected chi connectivity index (χ3v) is 5.65. The molecule has 0 unspecified atom stereocenters. The van der Waals surface area contributed by atoms with Crippen molar-refractivity contribution >= 4 is 17.5 Å². The molecular formula is C24H28F3N3O2. The smallest absolute Gasteiger partial charge is 0.339 e. The summed E-state index contributed by atoms with van der Waals surface area (Å²) >= 11 is 0. The van der Waals surface area contributed by atoms with Crippen LogP contribution >= 0.6 is 0 Å². The molecule has 172 valence electrons. The summed E-state index contributed by atoms with van der Waals surface area (Å²) < 4.78 is 39.6. The number of nitrogens with one attached hydrogen (secondary N) is 1. The Labute approximate surface area is 186 Å². The van der Waals surface area contributed by atoms with Crippen LogP contribution in [0.3, 0.4) is 0 Å². The molecule has 0 spiro atoms. The van der Waals surface area contributed by atoms with Gasteiger partial charge in [-0.15, -0.1) is 0 Å². The quantitative estimate of drug-likeness (QED) is 0.672. The van der Waals surface area contributed by atoms with Crippen LogP contribution in [0.1, 0.15) is 42.1 Å². The number of amides is 2. The Balaban J connectivity index is 1.59. The second-order valence-corrected chi connectivity index (χ2v) is 7.95. The monoisotopic (exact) mass is 447 g/mol. The molecular weight excluding hydrogens is 419 g/mol. The molecule has 0 bridgehead atoms. The number of alkyl halides is 3. The third kappa shape index (κ3) is 6.09. The fourth-order valence-corrected chi connectivity index (χ4v) is 4.09. The summed E-state index contributed by atoms with van der Waals surface area (Å²) in [5.41, 5.74) is -0.438. The lowest BCUT2D eigenvalue weighted by atomic mass is 10.0. The van der Waals surface area contributed by atoms with E-state index in [1.54, 1.807) is 12.1 Å². The molecule has 2 amide bonds. The number of nitrogens with zero attached hydrogens (tertiary/aromatic N) is 2. The van der Waals surface area contributed by atoms with Gasteiger partial charge >= 0.3 is 6.18 Å². The predicted octanol–water partition coefficient (Wildman–Crippen LogP) is 4.66. The van der Waals surface area contributed by atoms with Crippen LogP contribution in [0.5, 0.6) is 0 Å². The van der Waals surface area contributed by atoms with Gasteiger partial charge in [0.1, 0.15) is 0 Å². The maximum atomic E-state index is 13.2. The van der Waals surface area contributed by atoms with Crippen molar-refractivity contribution in [2.24, 2.45) is 0 Å². The second-order valence-electron chi connectivity index (χ2n) is 7.95. The average Bonchev–Trinajstić information content (AvgIpc) is 2.78. The van der Waals surface area contributed by atoms with Gasteiger partial charge in [0.25, 0.3) is 5.91 Å². The Kier molecular flexibility index (Phi) is 7.90. The zero-order valence-electron chi connectivity index (χ0n) is 18.1. The number of anilines is 1. The van der Waals surface area contributed by atoms with Crippen LogP contribution < -0.4 is 5.32 Å². The van der Waals surface area contributed by atoms with E-state index < -0.39 is 17.6 Å². The Bertz CT molecular complexity index is 910. The first-order valence-electron chi connectivity index (χ1n) is 10.8. The lowest BCUT2D eigenvalue weighted by Crippen LogP contribution is -2.49. The van der Waals surface area contributed by atoms with Crippen molar-refractivity contribution in [2.45, 2.75) is 38.4 Å². The predicted molar refractivity (Wildman–Crippen MR) is 117 cm³/mol. The lowest BCUT2D eigenvalue weighted by molar-refractivity contribution is -0.137. The molecule has 1 aliphatic rings. The van der Waals surface area contributed by atoms with Gasteiger partial charge in [-0.1, -0.05) is 37.3 Å². The number of likely N-dealkylation sites (tertiary alicyclic amines) is 1. The van der Waals surface area contributed by atoms with E-state index in [9.17, 15) is 22.8 Å². The number of piperidine rings is 1. The van der Waals surface area contributed by atoms with E-state index in [0.717, 1.165) is 12.5 Å². The first-order valence-corrected chi connectivity index (χ1v) is 10.8. The molecule has 8 heteroatoms. The lowest BCUT2D eigenvalue weighted by Gasteiger charge is -2.38. The van der Waals surface area contributed by atoms with Crippen molar-refractivity contribution in [1.29, 1.82) is 0 Å². The molecule has 3 rings (SSSR count). The maximum Gasteiger partial charge on any atom is 0.418 e. The summed E-state index contributed by atoms with van der Waals surface area (Å²) in [6.45, 7) is 3.83. The Hall–Kier alpha value is -2.87. The van der Waals surface area contributed by atoms with Crippen molar-refractivity contribution < 1.29 is 22.8 Å². The van der Waals surface area contributed by atoms with Crippen LogP contribution in [-0.4, -0.2) is 53.8 Å². The van der Waals surface area contributed by atoms with E-state index in [-0.39, 0.29) is 24.2 Å². The zero-order valence-corrected chi connectivity index (χ0v) is 18.1. The van der Waals surface area contributed by atoms with Crippen molar-refractivity contribution in [3.05, 3.63) is 65.7 Å². The highest BCUT2D eigenvalue weighted by atomic mass is 19.4. The summed E-state index contributed by atoms with van der Waals surface area (Å²) in [7, 11) is 0. The molecule has 0 aromatic heterocycles. The summed E-state index contributed by atoms with van der Waals surface area (Å²) in [5.74, 6) is -0.481. The molecule has 0 atom stereocenters. The summed E-state index contributed by atoms with van der Waals surface area (Å²) in [6.07, 6.45) is -2.29. The standard InChI is InChI=1S/C24H28F3N3O2/c1-2-14-30(17-22(31)28-21-11-7-6-10-20(21)24(25,26)27)19-12-15-29(16-13-19)23(32)18-8-4-3-5-9-18/h3-11,19H,2,12-17H2,1H3,(H,28,31). The average molecular weight is 448 g/mol. The maximum absolute atomic E-state index is 13.2. The number of hydrogen-bond donors (Lipinski definition) is 1. The topological polar surface area (TPSA) is 52.7 Å². The summed E-state index contributed by atoms with van der Waals surface area (Å²) in [6, 6.07) is 14.2. The van der Waals surface area contributed by atoms with Crippen molar-refractivity contribution in [1.82, 2.24) is 9.80 Å². The molecule has 1 fully saturated rings. The first kappa shape index (κ1) is 23.8. The largest absolute Gasteiger partial charge is 0.418 e. The van der Waals surface area contributed by atoms with E-state index >= 15 is 0 Å². The molecule has 5 nitrogen and oxygen atoms in total. The van der Waals surface area contributed by atoms with Gasteiger partial charge in [0, 0.05) is 24.7 Å². The molecule has 32 heavy (non-hydrogen) atoms. The number of rotatable bonds is 7. The highest BCUT2D eigenvalue weighted by molar-refractivity contribution is 5.94. The van der Waals surface area contributed by atoms with Gasteiger partial charge < -0.3 is 10.2 Å². The van der Waals surface area contributed by atoms with Gasteiger partial charge in [-0.25, -0.2) is 0 Å².